The molecular weight excluding hydrogens is 246 g/mol. The Bertz CT molecular complexity index is 469. The van der Waals surface area contributed by atoms with Crippen LogP contribution >= 0.6 is 0 Å². The van der Waals surface area contributed by atoms with E-state index in [1.54, 1.807) is 20.3 Å². The molecule has 0 spiro atoms. The van der Waals surface area contributed by atoms with E-state index in [-0.39, 0.29) is 11.7 Å². The summed E-state index contributed by atoms with van der Waals surface area (Å²) in [5.74, 6) is 0.763. The summed E-state index contributed by atoms with van der Waals surface area (Å²) in [7, 11) is 3.17. The van der Waals surface area contributed by atoms with Crippen LogP contribution in [-0.2, 0) is 15.0 Å². The van der Waals surface area contributed by atoms with Gasteiger partial charge < -0.3 is 14.8 Å². The molecule has 0 saturated carbocycles. The largest absolute Gasteiger partial charge is 0.497 e. The molecule has 104 valence electrons. The lowest BCUT2D eigenvalue weighted by molar-refractivity contribution is -0.131. The van der Waals surface area contributed by atoms with Gasteiger partial charge in [-0.2, -0.15) is 0 Å². The standard InChI is InChI=1S/C14H19NO4/c1-14(2,9-15-13(17)8-16)11-6-5-10(18-3)7-12(11)19-4/h5-8H,9H2,1-4H3,(H,15,17). The number of ether oxygens (including phenoxy) is 2. The van der Waals surface area contributed by atoms with E-state index in [9.17, 15) is 9.59 Å². The van der Waals surface area contributed by atoms with Gasteiger partial charge in [0.15, 0.2) is 0 Å². The first-order valence-corrected chi connectivity index (χ1v) is 5.90. The van der Waals surface area contributed by atoms with Crippen LogP contribution in [0.25, 0.3) is 0 Å². The van der Waals surface area contributed by atoms with Crippen molar-refractivity contribution in [2.75, 3.05) is 20.8 Å². The van der Waals surface area contributed by atoms with Crippen molar-refractivity contribution in [1.29, 1.82) is 0 Å². The van der Waals surface area contributed by atoms with Crippen molar-refractivity contribution in [3.05, 3.63) is 23.8 Å². The summed E-state index contributed by atoms with van der Waals surface area (Å²) >= 11 is 0. The van der Waals surface area contributed by atoms with Crippen LogP contribution in [0.15, 0.2) is 18.2 Å². The Morgan fingerprint density at radius 1 is 1.32 bits per heavy atom. The second kappa shape index (κ2) is 6.22. The molecule has 1 rings (SSSR count). The third kappa shape index (κ3) is 3.71. The van der Waals surface area contributed by atoms with Gasteiger partial charge in [-0.15, -0.1) is 0 Å². The molecule has 19 heavy (non-hydrogen) atoms. The monoisotopic (exact) mass is 265 g/mol. The van der Waals surface area contributed by atoms with Crippen molar-refractivity contribution in [2.24, 2.45) is 0 Å². The van der Waals surface area contributed by atoms with Crippen LogP contribution in [0.3, 0.4) is 0 Å². The highest BCUT2D eigenvalue weighted by molar-refractivity contribution is 6.23. The molecule has 0 aromatic heterocycles. The molecule has 1 N–H and O–H groups in total. The molecule has 0 aliphatic rings. The summed E-state index contributed by atoms with van der Waals surface area (Å²) in [6.45, 7) is 4.26. The third-order valence-electron chi connectivity index (χ3n) is 2.95. The SMILES string of the molecule is COc1ccc(C(C)(C)CNC(=O)C=O)c(OC)c1. The first kappa shape index (κ1) is 15.0. The van der Waals surface area contributed by atoms with Crippen LogP contribution in [0, 0.1) is 0 Å². The van der Waals surface area contributed by atoms with Crippen LogP contribution in [0.2, 0.25) is 0 Å². The lowest BCUT2D eigenvalue weighted by Gasteiger charge is -2.27. The summed E-state index contributed by atoms with van der Waals surface area (Å²) < 4.78 is 10.5. The summed E-state index contributed by atoms with van der Waals surface area (Å²) in [4.78, 5) is 21.3. The second-order valence-electron chi connectivity index (χ2n) is 4.79. The summed E-state index contributed by atoms with van der Waals surface area (Å²) in [5, 5.41) is 2.56. The molecule has 0 fully saturated rings. The average Bonchev–Trinajstić information content (AvgIpc) is 2.43. The molecule has 0 bridgehead atoms. The lowest BCUT2D eigenvalue weighted by Crippen LogP contribution is -2.37. The van der Waals surface area contributed by atoms with Gasteiger partial charge in [-0.25, -0.2) is 0 Å². The molecule has 5 heteroatoms. The van der Waals surface area contributed by atoms with E-state index in [4.69, 9.17) is 9.47 Å². The second-order valence-corrected chi connectivity index (χ2v) is 4.79. The highest BCUT2D eigenvalue weighted by Gasteiger charge is 2.25. The van der Waals surface area contributed by atoms with E-state index < -0.39 is 5.91 Å². The Morgan fingerprint density at radius 2 is 2.00 bits per heavy atom. The normalized spacial score (nSPS) is 10.7. The molecule has 5 nitrogen and oxygen atoms in total. The molecule has 0 aliphatic heterocycles. The van der Waals surface area contributed by atoms with Gasteiger partial charge in [0.25, 0.3) is 5.91 Å². The Kier molecular flexibility index (Phi) is 4.92. The number of methoxy groups -OCH3 is 2. The predicted octanol–water partition coefficient (Wildman–Crippen LogP) is 1.30. The molecular formula is C14H19NO4. The van der Waals surface area contributed by atoms with Crippen molar-refractivity contribution in [2.45, 2.75) is 19.3 Å². The van der Waals surface area contributed by atoms with E-state index in [2.05, 4.69) is 5.32 Å². The fourth-order valence-electron chi connectivity index (χ4n) is 1.80. The number of nitrogens with one attached hydrogen (secondary N) is 1. The molecule has 0 saturated heterocycles. The molecule has 0 aliphatic carbocycles. The van der Waals surface area contributed by atoms with Crippen LogP contribution in [0.4, 0.5) is 0 Å². The summed E-state index contributed by atoms with van der Waals surface area (Å²) in [5.41, 5.74) is 0.568. The lowest BCUT2D eigenvalue weighted by atomic mass is 9.83. The minimum Gasteiger partial charge on any atom is -0.497 e. The van der Waals surface area contributed by atoms with E-state index in [1.165, 1.54) is 0 Å². The van der Waals surface area contributed by atoms with Gasteiger partial charge in [-0.1, -0.05) is 19.9 Å². The third-order valence-corrected chi connectivity index (χ3v) is 2.95. The van der Waals surface area contributed by atoms with Crippen LogP contribution in [-0.4, -0.2) is 33.0 Å². The van der Waals surface area contributed by atoms with Gasteiger partial charge in [0.1, 0.15) is 11.5 Å². The van der Waals surface area contributed by atoms with Gasteiger partial charge in [-0.05, 0) is 6.07 Å². The zero-order chi connectivity index (χ0) is 14.5. The van der Waals surface area contributed by atoms with Crippen LogP contribution in [0.1, 0.15) is 19.4 Å². The quantitative estimate of drug-likeness (QED) is 0.622. The first-order chi connectivity index (χ1) is 8.94. The number of hydrogen-bond acceptors (Lipinski definition) is 4. The van der Waals surface area contributed by atoms with Crippen molar-refractivity contribution in [1.82, 2.24) is 5.32 Å². The van der Waals surface area contributed by atoms with E-state index in [1.807, 2.05) is 26.0 Å². The van der Waals surface area contributed by atoms with Crippen molar-refractivity contribution in [3.63, 3.8) is 0 Å². The van der Waals surface area contributed by atoms with Crippen LogP contribution < -0.4 is 14.8 Å². The number of carbonyl (C=O) groups excluding carboxylic acids is 2. The fraction of sp³-hybridized carbons (Fsp3) is 0.429. The van der Waals surface area contributed by atoms with Gasteiger partial charge in [0.05, 0.1) is 14.2 Å². The molecule has 0 heterocycles. The maximum atomic E-state index is 11.0. The zero-order valence-corrected chi connectivity index (χ0v) is 11.6. The van der Waals surface area contributed by atoms with Crippen LogP contribution in [0.5, 0.6) is 11.5 Å². The number of rotatable bonds is 6. The Morgan fingerprint density at radius 3 is 2.53 bits per heavy atom. The number of benzene rings is 1. The highest BCUT2D eigenvalue weighted by Crippen LogP contribution is 2.33. The number of amides is 1. The maximum Gasteiger partial charge on any atom is 0.284 e. The van der Waals surface area contributed by atoms with Gasteiger partial charge in [0, 0.05) is 23.6 Å². The smallest absolute Gasteiger partial charge is 0.284 e. The molecule has 0 atom stereocenters. The Labute approximate surface area is 112 Å². The molecule has 0 unspecified atom stereocenters. The molecule has 1 aromatic carbocycles. The minimum absolute atomic E-state index is 0.265. The number of hydrogen-bond donors (Lipinski definition) is 1. The summed E-state index contributed by atoms with van der Waals surface area (Å²) in [6, 6.07) is 5.52. The van der Waals surface area contributed by atoms with Crippen molar-refractivity contribution < 1.29 is 19.1 Å². The van der Waals surface area contributed by atoms with E-state index >= 15 is 0 Å². The summed E-state index contributed by atoms with van der Waals surface area (Å²) in [6.07, 6.45) is 0.265. The maximum absolute atomic E-state index is 11.0. The fourth-order valence-corrected chi connectivity index (χ4v) is 1.80. The number of aldehydes is 1. The zero-order valence-electron chi connectivity index (χ0n) is 11.6. The Hall–Kier alpha value is -2.04. The van der Waals surface area contributed by atoms with Crippen molar-refractivity contribution >= 4 is 12.2 Å². The highest BCUT2D eigenvalue weighted by atomic mass is 16.5. The predicted molar refractivity (Wildman–Crippen MR) is 71.6 cm³/mol. The molecule has 1 amide bonds. The average molecular weight is 265 g/mol. The van der Waals surface area contributed by atoms with E-state index in [0.717, 1.165) is 5.56 Å². The topological polar surface area (TPSA) is 64.6 Å². The minimum atomic E-state index is -0.624. The van der Waals surface area contributed by atoms with Gasteiger partial charge in [0.2, 0.25) is 6.29 Å². The van der Waals surface area contributed by atoms with Gasteiger partial charge >= 0.3 is 0 Å². The molecule has 1 aromatic rings. The first-order valence-electron chi connectivity index (χ1n) is 5.90. The number of carbonyl (C=O) groups is 2. The van der Waals surface area contributed by atoms with E-state index in [0.29, 0.717) is 18.0 Å². The Balaban J connectivity index is 2.99. The van der Waals surface area contributed by atoms with Gasteiger partial charge in [-0.3, -0.25) is 9.59 Å². The molecule has 0 radical (unpaired) electrons. The van der Waals surface area contributed by atoms with Crippen molar-refractivity contribution in [3.8, 4) is 11.5 Å².